The van der Waals surface area contributed by atoms with E-state index in [-0.39, 0.29) is 5.92 Å². The molecule has 5 nitrogen and oxygen atoms in total. The smallest absolute Gasteiger partial charge is 0.336 e. The van der Waals surface area contributed by atoms with Gasteiger partial charge in [0.1, 0.15) is 22.7 Å². The van der Waals surface area contributed by atoms with Crippen LogP contribution >= 0.6 is 0 Å². The number of aliphatic hydroxyl groups excluding tert-OH is 1. The second-order valence-corrected chi connectivity index (χ2v) is 9.01. The lowest BCUT2D eigenvalue weighted by molar-refractivity contribution is -0.0448. The minimum absolute atomic E-state index is 0.175. The van der Waals surface area contributed by atoms with E-state index in [0.717, 1.165) is 29.4 Å². The van der Waals surface area contributed by atoms with Gasteiger partial charge in [0.2, 0.25) is 0 Å². The van der Waals surface area contributed by atoms with Gasteiger partial charge >= 0.3 is 5.63 Å². The van der Waals surface area contributed by atoms with Gasteiger partial charge in [-0.05, 0) is 51.8 Å². The lowest BCUT2D eigenvalue weighted by atomic mass is 9.79. The molecule has 3 heterocycles. The number of benzene rings is 1. The summed E-state index contributed by atoms with van der Waals surface area (Å²) in [5, 5.41) is 11.9. The Labute approximate surface area is 165 Å². The molecule has 1 aromatic heterocycles. The van der Waals surface area contributed by atoms with Gasteiger partial charge in [-0.2, -0.15) is 0 Å². The third-order valence-electron chi connectivity index (χ3n) is 6.02. The first-order valence-electron chi connectivity index (χ1n) is 9.97. The standard InChI is InChI=1S/C23H28O5/c1-7-8-13-11-15(24)26-21-16(13)19-14(9-10-22(3,4)27-19)20-17(21)18(25)12(2)23(5,6)28-20/h9-12,18,25H,7-8H2,1-6H3/t12-,18-/m0/s1. The Morgan fingerprint density at radius 2 is 1.86 bits per heavy atom. The summed E-state index contributed by atoms with van der Waals surface area (Å²) in [5.41, 5.74) is 1.11. The summed E-state index contributed by atoms with van der Waals surface area (Å²) in [6, 6.07) is 1.54. The largest absolute Gasteiger partial charge is 0.486 e. The zero-order valence-corrected chi connectivity index (χ0v) is 17.4. The molecule has 2 aliphatic rings. The summed E-state index contributed by atoms with van der Waals surface area (Å²) in [6.45, 7) is 11.9. The summed E-state index contributed by atoms with van der Waals surface area (Å²) in [6.07, 6.45) is 4.78. The van der Waals surface area contributed by atoms with Crippen LogP contribution in [0.2, 0.25) is 0 Å². The molecule has 0 spiro atoms. The van der Waals surface area contributed by atoms with Crippen molar-refractivity contribution >= 4 is 17.0 Å². The van der Waals surface area contributed by atoms with Gasteiger partial charge in [0.05, 0.1) is 22.6 Å². The van der Waals surface area contributed by atoms with E-state index in [1.165, 1.54) is 6.07 Å². The molecule has 150 valence electrons. The first kappa shape index (κ1) is 19.1. The molecule has 2 atom stereocenters. The van der Waals surface area contributed by atoms with Gasteiger partial charge in [-0.1, -0.05) is 20.3 Å². The first-order chi connectivity index (χ1) is 13.1. The lowest BCUT2D eigenvalue weighted by Crippen LogP contribution is -2.43. The lowest BCUT2D eigenvalue weighted by Gasteiger charge is -2.43. The SMILES string of the molecule is CCCc1cc(=O)oc2c3c(c4c(c12)OC(C)(C)C=C4)OC(C)(C)[C@@H](C)[C@@H]3O. The Balaban J connectivity index is 2.18. The number of aryl methyl sites for hydroxylation is 1. The molecule has 0 saturated carbocycles. The minimum Gasteiger partial charge on any atom is -0.486 e. The summed E-state index contributed by atoms with van der Waals surface area (Å²) in [7, 11) is 0. The second-order valence-electron chi connectivity index (χ2n) is 9.01. The fourth-order valence-corrected chi connectivity index (χ4v) is 4.14. The maximum atomic E-state index is 12.3. The van der Waals surface area contributed by atoms with Crippen molar-refractivity contribution in [1.29, 1.82) is 0 Å². The van der Waals surface area contributed by atoms with E-state index in [9.17, 15) is 9.90 Å². The maximum Gasteiger partial charge on any atom is 0.336 e. The van der Waals surface area contributed by atoms with E-state index in [0.29, 0.717) is 22.6 Å². The average molecular weight is 384 g/mol. The molecule has 0 aliphatic carbocycles. The normalized spacial score (nSPS) is 24.2. The van der Waals surface area contributed by atoms with Crippen LogP contribution in [-0.2, 0) is 6.42 Å². The van der Waals surface area contributed by atoms with E-state index in [1.54, 1.807) is 0 Å². The number of hydrogen-bond acceptors (Lipinski definition) is 5. The van der Waals surface area contributed by atoms with Crippen molar-refractivity contribution in [3.63, 3.8) is 0 Å². The second kappa shape index (κ2) is 6.11. The third-order valence-corrected chi connectivity index (χ3v) is 6.02. The van der Waals surface area contributed by atoms with E-state index >= 15 is 0 Å². The van der Waals surface area contributed by atoms with E-state index in [1.807, 2.05) is 46.8 Å². The molecule has 5 heteroatoms. The zero-order valence-electron chi connectivity index (χ0n) is 17.4. The van der Waals surface area contributed by atoms with Crippen molar-refractivity contribution in [3.8, 4) is 11.5 Å². The fraction of sp³-hybridized carbons (Fsp3) is 0.522. The topological polar surface area (TPSA) is 68.9 Å². The van der Waals surface area contributed by atoms with Crippen LogP contribution in [0, 0.1) is 5.92 Å². The summed E-state index contributed by atoms with van der Waals surface area (Å²) in [5.74, 6) is 1.03. The number of ether oxygens (including phenoxy) is 2. The monoisotopic (exact) mass is 384 g/mol. The quantitative estimate of drug-likeness (QED) is 0.756. The molecule has 0 fully saturated rings. The van der Waals surface area contributed by atoms with Crippen molar-refractivity contribution in [2.75, 3.05) is 0 Å². The van der Waals surface area contributed by atoms with Crippen molar-refractivity contribution in [3.05, 3.63) is 39.3 Å². The highest BCUT2D eigenvalue weighted by Gasteiger charge is 2.45. The molecule has 0 bridgehead atoms. The van der Waals surface area contributed by atoms with Gasteiger partial charge < -0.3 is 19.0 Å². The van der Waals surface area contributed by atoms with Crippen LogP contribution in [0.4, 0.5) is 0 Å². The van der Waals surface area contributed by atoms with Crippen LogP contribution in [0.5, 0.6) is 11.5 Å². The zero-order chi connectivity index (χ0) is 20.4. The van der Waals surface area contributed by atoms with E-state index in [4.69, 9.17) is 13.9 Å². The highest BCUT2D eigenvalue weighted by molar-refractivity contribution is 5.97. The van der Waals surface area contributed by atoms with Crippen molar-refractivity contribution in [2.45, 2.75) is 71.7 Å². The number of hydrogen-bond donors (Lipinski definition) is 1. The summed E-state index contributed by atoms with van der Waals surface area (Å²) < 4.78 is 18.4. The van der Waals surface area contributed by atoms with Crippen molar-refractivity contribution < 1.29 is 19.0 Å². The van der Waals surface area contributed by atoms with E-state index < -0.39 is 22.9 Å². The summed E-state index contributed by atoms with van der Waals surface area (Å²) in [4.78, 5) is 12.3. The van der Waals surface area contributed by atoms with Gasteiger partial charge in [-0.25, -0.2) is 4.79 Å². The molecule has 28 heavy (non-hydrogen) atoms. The molecule has 2 aromatic rings. The van der Waals surface area contributed by atoms with Crippen molar-refractivity contribution in [2.24, 2.45) is 5.92 Å². The van der Waals surface area contributed by atoms with Gasteiger partial charge in [0.15, 0.2) is 5.58 Å². The Hall–Kier alpha value is -2.27. The Kier molecular flexibility index (Phi) is 4.16. The molecular formula is C23H28O5. The maximum absolute atomic E-state index is 12.3. The minimum atomic E-state index is -0.810. The van der Waals surface area contributed by atoms with Crippen LogP contribution in [0.1, 0.15) is 70.8 Å². The van der Waals surface area contributed by atoms with Gasteiger partial charge in [-0.15, -0.1) is 0 Å². The van der Waals surface area contributed by atoms with Crippen molar-refractivity contribution in [1.82, 2.24) is 0 Å². The van der Waals surface area contributed by atoms with E-state index in [2.05, 4.69) is 6.92 Å². The van der Waals surface area contributed by atoms with Crippen LogP contribution < -0.4 is 15.1 Å². The van der Waals surface area contributed by atoms with Crippen LogP contribution in [-0.4, -0.2) is 16.3 Å². The number of fused-ring (bicyclic) bond motifs is 6. The predicted octanol–water partition coefficient (Wildman–Crippen LogP) is 4.77. The van der Waals surface area contributed by atoms with Crippen LogP contribution in [0.3, 0.4) is 0 Å². The molecule has 0 unspecified atom stereocenters. The molecule has 1 N–H and O–H groups in total. The first-order valence-corrected chi connectivity index (χ1v) is 9.97. The Bertz CT molecular complexity index is 1040. The fourth-order valence-electron chi connectivity index (χ4n) is 4.14. The predicted molar refractivity (Wildman–Crippen MR) is 109 cm³/mol. The molecular weight excluding hydrogens is 356 g/mol. The highest BCUT2D eigenvalue weighted by atomic mass is 16.5. The molecule has 1 aromatic carbocycles. The Morgan fingerprint density at radius 1 is 1.14 bits per heavy atom. The van der Waals surface area contributed by atoms with Crippen LogP contribution in [0.25, 0.3) is 17.0 Å². The number of rotatable bonds is 2. The van der Waals surface area contributed by atoms with Gasteiger partial charge in [-0.3, -0.25) is 0 Å². The Morgan fingerprint density at radius 3 is 2.54 bits per heavy atom. The molecule has 0 radical (unpaired) electrons. The van der Waals surface area contributed by atoms with Gasteiger partial charge in [0.25, 0.3) is 0 Å². The molecule has 0 amide bonds. The molecule has 4 rings (SSSR count). The van der Waals surface area contributed by atoms with Gasteiger partial charge in [0, 0.05) is 12.0 Å². The number of aliphatic hydroxyl groups is 1. The highest BCUT2D eigenvalue weighted by Crippen LogP contribution is 2.54. The molecule has 0 saturated heterocycles. The summed E-state index contributed by atoms with van der Waals surface area (Å²) >= 11 is 0. The van der Waals surface area contributed by atoms with Crippen LogP contribution in [0.15, 0.2) is 21.4 Å². The average Bonchev–Trinajstić information content (AvgIpc) is 2.58. The molecule has 2 aliphatic heterocycles. The third kappa shape index (κ3) is 2.75.